The van der Waals surface area contributed by atoms with E-state index in [2.05, 4.69) is 49.8 Å². The van der Waals surface area contributed by atoms with Crippen LogP contribution in [0.2, 0.25) is 18.1 Å². The van der Waals surface area contributed by atoms with Crippen LogP contribution in [0.15, 0.2) is 28.7 Å². The van der Waals surface area contributed by atoms with Gasteiger partial charge < -0.3 is 9.16 Å². The molecule has 0 fully saturated rings. The second-order valence-electron chi connectivity index (χ2n) is 7.89. The lowest BCUT2D eigenvalue weighted by Crippen LogP contribution is -2.41. The molecule has 0 aromatic heterocycles. The van der Waals surface area contributed by atoms with Crippen LogP contribution in [0, 0.1) is 0 Å². The zero-order valence-corrected chi connectivity index (χ0v) is 19.1. The maximum absolute atomic E-state index is 12.3. The van der Waals surface area contributed by atoms with E-state index in [9.17, 15) is 4.79 Å². The number of rotatable bonds is 7. The predicted octanol–water partition coefficient (Wildman–Crippen LogP) is 6.21. The molecule has 0 aliphatic rings. The van der Waals surface area contributed by atoms with Gasteiger partial charge in [0.2, 0.25) is 0 Å². The van der Waals surface area contributed by atoms with E-state index in [1.807, 2.05) is 31.2 Å². The first-order chi connectivity index (χ1) is 11.5. The topological polar surface area (TPSA) is 38.8 Å². The van der Waals surface area contributed by atoms with E-state index in [-0.39, 0.29) is 17.2 Å². The smallest absolute Gasteiger partial charge is 0.414 e. The van der Waals surface area contributed by atoms with E-state index < -0.39 is 8.32 Å². The highest BCUT2D eigenvalue weighted by Gasteiger charge is 2.36. The molecule has 142 valence electrons. The number of carbonyl (C=O) groups is 1. The summed E-state index contributed by atoms with van der Waals surface area (Å²) >= 11 is 3.52. The van der Waals surface area contributed by atoms with Crippen LogP contribution in [-0.4, -0.2) is 34.2 Å². The van der Waals surface area contributed by atoms with Crippen molar-refractivity contribution in [1.29, 1.82) is 0 Å². The lowest BCUT2D eigenvalue weighted by molar-refractivity contribution is 0.175. The Balaban J connectivity index is 2.70. The minimum Gasteiger partial charge on any atom is -0.452 e. The quantitative estimate of drug-likeness (QED) is 0.381. The Bertz CT molecular complexity index is 572. The molecule has 0 aliphatic carbocycles. The molecular formula is C19H32BrNO3Si. The van der Waals surface area contributed by atoms with Gasteiger partial charge >= 0.3 is 6.09 Å². The van der Waals surface area contributed by atoms with Gasteiger partial charge in [-0.3, -0.25) is 4.90 Å². The summed E-state index contributed by atoms with van der Waals surface area (Å²) in [6.07, 6.45) is 1.42. The number of ether oxygens (including phenoxy) is 1. The largest absolute Gasteiger partial charge is 0.452 e. The van der Waals surface area contributed by atoms with Crippen LogP contribution >= 0.6 is 15.9 Å². The molecule has 0 radical (unpaired) electrons. The van der Waals surface area contributed by atoms with Crippen LogP contribution in [0.3, 0.4) is 0 Å². The number of para-hydroxylation sites is 1. The molecule has 0 bridgehead atoms. The third-order valence-corrected chi connectivity index (χ3v) is 10.2. The van der Waals surface area contributed by atoms with Crippen molar-refractivity contribution < 1.29 is 14.0 Å². The van der Waals surface area contributed by atoms with E-state index in [1.165, 1.54) is 7.11 Å². The average molecular weight is 430 g/mol. The highest BCUT2D eigenvalue weighted by molar-refractivity contribution is 9.10. The Kier molecular flexibility index (Phi) is 8.16. The van der Waals surface area contributed by atoms with Gasteiger partial charge in [0.15, 0.2) is 8.32 Å². The van der Waals surface area contributed by atoms with Crippen LogP contribution in [0.4, 0.5) is 10.5 Å². The van der Waals surface area contributed by atoms with E-state index in [1.54, 1.807) is 4.90 Å². The van der Waals surface area contributed by atoms with Crippen molar-refractivity contribution >= 4 is 36.0 Å². The molecule has 0 N–H and O–H groups in total. The van der Waals surface area contributed by atoms with Crippen molar-refractivity contribution in [3.63, 3.8) is 0 Å². The summed E-state index contributed by atoms with van der Waals surface area (Å²) in [6, 6.07) is 7.72. The monoisotopic (exact) mass is 429 g/mol. The minimum atomic E-state index is -1.72. The van der Waals surface area contributed by atoms with Crippen molar-refractivity contribution in [1.82, 2.24) is 0 Å². The standard InChI is InChI=1S/C19H32BrNO3Si/c1-15(11-10-14-24-25(6,7)19(2,3)4)21(18(22)23-5)17-13-9-8-12-16(17)20/h8-9,12-13,15H,10-11,14H2,1-7H3. The molecule has 0 spiro atoms. The van der Waals surface area contributed by atoms with Gasteiger partial charge in [-0.05, 0) is 66.0 Å². The Hall–Kier alpha value is -0.853. The lowest BCUT2D eigenvalue weighted by Gasteiger charge is -2.36. The molecular weight excluding hydrogens is 398 g/mol. The Morgan fingerprint density at radius 3 is 2.40 bits per heavy atom. The van der Waals surface area contributed by atoms with Crippen LogP contribution in [-0.2, 0) is 9.16 Å². The predicted molar refractivity (Wildman–Crippen MR) is 111 cm³/mol. The lowest BCUT2D eigenvalue weighted by atomic mass is 10.1. The molecule has 1 aromatic rings. The van der Waals surface area contributed by atoms with Crippen molar-refractivity contribution in [2.45, 2.75) is 64.7 Å². The highest BCUT2D eigenvalue weighted by atomic mass is 79.9. The summed E-state index contributed by atoms with van der Waals surface area (Å²) in [5.41, 5.74) is 0.826. The maximum Gasteiger partial charge on any atom is 0.414 e. The van der Waals surface area contributed by atoms with Gasteiger partial charge in [-0.15, -0.1) is 0 Å². The summed E-state index contributed by atoms with van der Waals surface area (Å²) in [5.74, 6) is 0. The first-order valence-electron chi connectivity index (χ1n) is 8.77. The van der Waals surface area contributed by atoms with E-state index in [0.29, 0.717) is 0 Å². The number of carbonyl (C=O) groups excluding carboxylic acids is 1. The molecule has 0 aliphatic heterocycles. The van der Waals surface area contributed by atoms with Crippen molar-refractivity contribution in [3.8, 4) is 0 Å². The summed E-state index contributed by atoms with van der Waals surface area (Å²) in [7, 11) is -0.302. The number of methoxy groups -OCH3 is 1. The number of hydrogen-bond acceptors (Lipinski definition) is 3. The van der Waals surface area contributed by atoms with Crippen molar-refractivity contribution in [3.05, 3.63) is 28.7 Å². The number of nitrogens with zero attached hydrogens (tertiary/aromatic N) is 1. The molecule has 4 nitrogen and oxygen atoms in total. The molecule has 1 rings (SSSR count). The molecule has 1 atom stereocenters. The van der Waals surface area contributed by atoms with E-state index in [0.717, 1.165) is 29.6 Å². The molecule has 1 aromatic carbocycles. The third kappa shape index (κ3) is 6.11. The maximum atomic E-state index is 12.3. The Morgan fingerprint density at radius 1 is 1.28 bits per heavy atom. The summed E-state index contributed by atoms with van der Waals surface area (Å²) < 4.78 is 12.1. The van der Waals surface area contributed by atoms with Gasteiger partial charge in [-0.1, -0.05) is 32.9 Å². The molecule has 25 heavy (non-hydrogen) atoms. The number of anilines is 1. The summed E-state index contributed by atoms with van der Waals surface area (Å²) in [6.45, 7) is 14.0. The second-order valence-corrected chi connectivity index (χ2v) is 13.6. The molecule has 1 unspecified atom stereocenters. The van der Waals surface area contributed by atoms with E-state index in [4.69, 9.17) is 9.16 Å². The fourth-order valence-electron chi connectivity index (χ4n) is 2.31. The third-order valence-electron chi connectivity index (χ3n) is 4.96. The van der Waals surface area contributed by atoms with Gasteiger partial charge in [-0.25, -0.2) is 4.79 Å². The van der Waals surface area contributed by atoms with Gasteiger partial charge in [0.05, 0.1) is 12.8 Å². The van der Waals surface area contributed by atoms with Crippen LogP contribution < -0.4 is 4.90 Å². The van der Waals surface area contributed by atoms with Gasteiger partial charge in [-0.2, -0.15) is 0 Å². The number of halogens is 1. The Morgan fingerprint density at radius 2 is 1.88 bits per heavy atom. The number of amides is 1. The van der Waals surface area contributed by atoms with Crippen molar-refractivity contribution in [2.75, 3.05) is 18.6 Å². The van der Waals surface area contributed by atoms with Crippen LogP contribution in [0.25, 0.3) is 0 Å². The SMILES string of the molecule is COC(=O)N(c1ccccc1Br)C(C)CCCO[Si](C)(C)C(C)(C)C. The first kappa shape index (κ1) is 22.2. The Labute approximate surface area is 162 Å². The molecule has 6 heteroatoms. The zero-order valence-electron chi connectivity index (χ0n) is 16.6. The van der Waals surface area contributed by atoms with E-state index >= 15 is 0 Å². The number of hydrogen-bond donors (Lipinski definition) is 0. The van der Waals surface area contributed by atoms with Gasteiger partial charge in [0.1, 0.15) is 0 Å². The fraction of sp³-hybridized carbons (Fsp3) is 0.632. The van der Waals surface area contributed by atoms with Gasteiger partial charge in [0, 0.05) is 17.1 Å². The molecule has 0 saturated heterocycles. The average Bonchev–Trinajstić information content (AvgIpc) is 2.52. The summed E-state index contributed by atoms with van der Waals surface area (Å²) in [4.78, 5) is 14.0. The second kappa shape index (κ2) is 9.19. The van der Waals surface area contributed by atoms with Crippen molar-refractivity contribution in [2.24, 2.45) is 0 Å². The molecule has 0 heterocycles. The van der Waals surface area contributed by atoms with Crippen LogP contribution in [0.1, 0.15) is 40.5 Å². The summed E-state index contributed by atoms with van der Waals surface area (Å²) in [5, 5.41) is 0.214. The highest BCUT2D eigenvalue weighted by Crippen LogP contribution is 2.36. The first-order valence-corrected chi connectivity index (χ1v) is 12.5. The molecule has 0 saturated carbocycles. The number of benzene rings is 1. The van der Waals surface area contributed by atoms with Gasteiger partial charge in [0.25, 0.3) is 0 Å². The zero-order chi connectivity index (χ0) is 19.3. The molecule has 1 amide bonds. The fourth-order valence-corrected chi connectivity index (χ4v) is 3.88. The minimum absolute atomic E-state index is 0.0224. The van der Waals surface area contributed by atoms with Crippen LogP contribution in [0.5, 0.6) is 0 Å². The normalized spacial score (nSPS) is 13.4.